The number of aromatic nitrogens is 2. The minimum absolute atomic E-state index is 0.372. The summed E-state index contributed by atoms with van der Waals surface area (Å²) in [4.78, 5) is 6.95. The van der Waals surface area contributed by atoms with Crippen LogP contribution in [0.1, 0.15) is 0 Å². The Morgan fingerprint density at radius 2 is 2.36 bits per heavy atom. The smallest absolute Gasteiger partial charge is 0.255 e. The molecule has 0 unspecified atom stereocenters. The Bertz CT molecular complexity index is 425. The van der Waals surface area contributed by atoms with Crippen LogP contribution in [-0.2, 0) is 0 Å². The molecule has 0 spiro atoms. The van der Waals surface area contributed by atoms with E-state index >= 15 is 0 Å². The number of nitrogens with zero attached hydrogens (tertiary/aromatic N) is 1. The Kier molecular flexibility index (Phi) is 2.30. The summed E-state index contributed by atoms with van der Waals surface area (Å²) in [6.45, 7) is -0.372. The molecule has 0 atom stereocenters. The van der Waals surface area contributed by atoms with E-state index in [0.717, 1.165) is 10.9 Å². The van der Waals surface area contributed by atoms with Crippen molar-refractivity contribution in [2.45, 2.75) is 6.43 Å². The second-order valence-electron chi connectivity index (χ2n) is 2.91. The number of alkyl halides is 2. The lowest BCUT2D eigenvalue weighted by Gasteiger charge is -2.03. The standard InChI is InChI=1S/C9H9F2N3/c10-8(11)5-14-9-3-6-1-2-12-7(6)4-13-9/h1-4,8,12H,5H2,(H,13,14). The van der Waals surface area contributed by atoms with Crippen molar-refractivity contribution in [2.24, 2.45) is 0 Å². The minimum Gasteiger partial charge on any atom is -0.364 e. The summed E-state index contributed by atoms with van der Waals surface area (Å²) in [6, 6.07) is 3.60. The van der Waals surface area contributed by atoms with Crippen LogP contribution in [0.3, 0.4) is 0 Å². The van der Waals surface area contributed by atoms with E-state index in [1.807, 2.05) is 6.07 Å². The Morgan fingerprint density at radius 1 is 1.50 bits per heavy atom. The first kappa shape index (κ1) is 8.93. The summed E-state index contributed by atoms with van der Waals surface area (Å²) in [7, 11) is 0. The molecule has 2 aromatic rings. The number of H-pyrrole nitrogens is 1. The summed E-state index contributed by atoms with van der Waals surface area (Å²) in [5, 5.41) is 3.51. The quantitative estimate of drug-likeness (QED) is 0.792. The van der Waals surface area contributed by atoms with E-state index < -0.39 is 6.43 Å². The van der Waals surface area contributed by atoms with Gasteiger partial charge in [-0.25, -0.2) is 13.8 Å². The van der Waals surface area contributed by atoms with Gasteiger partial charge in [-0.15, -0.1) is 0 Å². The first-order valence-corrected chi connectivity index (χ1v) is 4.21. The summed E-state index contributed by atoms with van der Waals surface area (Å²) < 4.78 is 23.8. The van der Waals surface area contributed by atoms with Gasteiger partial charge in [-0.2, -0.15) is 0 Å². The molecule has 0 aliphatic heterocycles. The molecule has 0 aliphatic rings. The molecule has 14 heavy (non-hydrogen) atoms. The van der Waals surface area contributed by atoms with Crippen LogP contribution in [0.2, 0.25) is 0 Å². The van der Waals surface area contributed by atoms with Crippen LogP contribution in [0.4, 0.5) is 14.6 Å². The van der Waals surface area contributed by atoms with E-state index in [1.54, 1.807) is 18.5 Å². The second-order valence-corrected chi connectivity index (χ2v) is 2.91. The second kappa shape index (κ2) is 3.61. The predicted octanol–water partition coefficient (Wildman–Crippen LogP) is 2.24. The lowest BCUT2D eigenvalue weighted by atomic mass is 10.3. The molecule has 5 heteroatoms. The van der Waals surface area contributed by atoms with Gasteiger partial charge in [0.2, 0.25) is 0 Å². The Balaban J connectivity index is 2.17. The first-order valence-electron chi connectivity index (χ1n) is 4.21. The van der Waals surface area contributed by atoms with Crippen molar-refractivity contribution >= 4 is 16.7 Å². The third-order valence-corrected chi connectivity index (χ3v) is 1.88. The molecule has 0 bridgehead atoms. The zero-order valence-electron chi connectivity index (χ0n) is 7.30. The van der Waals surface area contributed by atoms with Crippen LogP contribution in [0.5, 0.6) is 0 Å². The monoisotopic (exact) mass is 197 g/mol. The van der Waals surface area contributed by atoms with Gasteiger partial charge in [0, 0.05) is 11.6 Å². The first-order chi connectivity index (χ1) is 6.75. The third kappa shape index (κ3) is 1.81. The molecule has 0 saturated heterocycles. The predicted molar refractivity (Wildman–Crippen MR) is 50.6 cm³/mol. The molecule has 0 saturated carbocycles. The molecular weight excluding hydrogens is 188 g/mol. The molecule has 2 rings (SSSR count). The van der Waals surface area contributed by atoms with Crippen LogP contribution >= 0.6 is 0 Å². The maximum Gasteiger partial charge on any atom is 0.255 e. The molecule has 2 N–H and O–H groups in total. The van der Waals surface area contributed by atoms with Crippen LogP contribution in [0.25, 0.3) is 10.9 Å². The van der Waals surface area contributed by atoms with Gasteiger partial charge < -0.3 is 10.3 Å². The lowest BCUT2D eigenvalue weighted by molar-refractivity contribution is 0.163. The Hall–Kier alpha value is -1.65. The number of halogens is 2. The van der Waals surface area contributed by atoms with Crippen LogP contribution in [0.15, 0.2) is 24.5 Å². The number of nitrogens with one attached hydrogen (secondary N) is 2. The van der Waals surface area contributed by atoms with Crippen LogP contribution < -0.4 is 5.32 Å². The Labute approximate surface area is 79.2 Å². The summed E-state index contributed by atoms with van der Waals surface area (Å²) in [6.07, 6.45) is 1.03. The highest BCUT2D eigenvalue weighted by Gasteiger charge is 2.03. The normalized spacial score (nSPS) is 11.1. The molecule has 0 fully saturated rings. The molecule has 2 heterocycles. The molecule has 3 nitrogen and oxygen atoms in total. The van der Waals surface area contributed by atoms with E-state index in [-0.39, 0.29) is 6.54 Å². The fourth-order valence-corrected chi connectivity index (χ4v) is 1.23. The maximum absolute atomic E-state index is 11.9. The van der Waals surface area contributed by atoms with Gasteiger partial charge in [0.1, 0.15) is 5.82 Å². The average Bonchev–Trinajstić information content (AvgIpc) is 2.61. The van der Waals surface area contributed by atoms with Crippen molar-refractivity contribution < 1.29 is 8.78 Å². The number of rotatable bonds is 3. The lowest BCUT2D eigenvalue weighted by Crippen LogP contribution is -2.10. The summed E-state index contributed by atoms with van der Waals surface area (Å²) in [5.74, 6) is 0.470. The van der Waals surface area contributed by atoms with Crippen molar-refractivity contribution in [1.29, 1.82) is 0 Å². The third-order valence-electron chi connectivity index (χ3n) is 1.88. The van der Waals surface area contributed by atoms with Crippen molar-refractivity contribution in [3.05, 3.63) is 24.5 Å². The molecule has 74 valence electrons. The maximum atomic E-state index is 11.9. The van der Waals surface area contributed by atoms with Gasteiger partial charge in [0.05, 0.1) is 18.3 Å². The molecule has 0 amide bonds. The minimum atomic E-state index is -2.36. The van der Waals surface area contributed by atoms with Gasteiger partial charge in [0.25, 0.3) is 6.43 Å². The van der Waals surface area contributed by atoms with E-state index in [2.05, 4.69) is 15.3 Å². The fourth-order valence-electron chi connectivity index (χ4n) is 1.23. The molecule has 2 aromatic heterocycles. The molecule has 0 aromatic carbocycles. The van der Waals surface area contributed by atoms with Gasteiger partial charge in [-0.05, 0) is 12.1 Å². The largest absolute Gasteiger partial charge is 0.364 e. The van der Waals surface area contributed by atoms with Gasteiger partial charge in [-0.1, -0.05) is 0 Å². The average molecular weight is 197 g/mol. The van der Waals surface area contributed by atoms with Crippen LogP contribution in [0, 0.1) is 0 Å². The van der Waals surface area contributed by atoms with Crippen molar-refractivity contribution in [3.63, 3.8) is 0 Å². The van der Waals surface area contributed by atoms with Crippen molar-refractivity contribution in [1.82, 2.24) is 9.97 Å². The van der Waals surface area contributed by atoms with Gasteiger partial charge >= 0.3 is 0 Å². The van der Waals surface area contributed by atoms with Crippen molar-refractivity contribution in [3.8, 4) is 0 Å². The van der Waals surface area contributed by atoms with Crippen molar-refractivity contribution in [2.75, 3.05) is 11.9 Å². The zero-order valence-corrected chi connectivity index (χ0v) is 7.30. The van der Waals surface area contributed by atoms with E-state index in [9.17, 15) is 8.78 Å². The highest BCUT2D eigenvalue weighted by molar-refractivity contribution is 5.80. The molecular formula is C9H9F2N3. The highest BCUT2D eigenvalue weighted by atomic mass is 19.3. The molecule has 0 radical (unpaired) electrons. The number of hydrogen-bond donors (Lipinski definition) is 2. The highest BCUT2D eigenvalue weighted by Crippen LogP contribution is 2.14. The topological polar surface area (TPSA) is 40.7 Å². The number of pyridine rings is 1. The van der Waals surface area contributed by atoms with Gasteiger partial charge in [-0.3, -0.25) is 0 Å². The van der Waals surface area contributed by atoms with E-state index in [1.165, 1.54) is 0 Å². The number of fused-ring (bicyclic) bond motifs is 1. The van der Waals surface area contributed by atoms with Crippen LogP contribution in [-0.4, -0.2) is 22.9 Å². The molecule has 0 aliphatic carbocycles. The Morgan fingerprint density at radius 3 is 3.14 bits per heavy atom. The zero-order chi connectivity index (χ0) is 9.97. The number of aromatic amines is 1. The number of hydrogen-bond acceptors (Lipinski definition) is 2. The summed E-state index contributed by atoms with van der Waals surface area (Å²) >= 11 is 0. The van der Waals surface area contributed by atoms with E-state index in [0.29, 0.717) is 5.82 Å². The summed E-state index contributed by atoms with van der Waals surface area (Å²) in [5.41, 5.74) is 0.896. The fraction of sp³-hybridized carbons (Fsp3) is 0.222. The number of anilines is 1. The SMILES string of the molecule is FC(F)CNc1cc2cc[nH]c2cn1. The van der Waals surface area contributed by atoms with E-state index in [4.69, 9.17) is 0 Å². The van der Waals surface area contributed by atoms with Gasteiger partial charge in [0.15, 0.2) is 0 Å².